The summed E-state index contributed by atoms with van der Waals surface area (Å²) in [6, 6.07) is 8.08. The fourth-order valence-electron chi connectivity index (χ4n) is 1.08. The Hall–Kier alpha value is 0.0500. The van der Waals surface area contributed by atoms with Gasteiger partial charge in [0.05, 0.1) is 0 Å². The SMILES string of the molecule is OP(O)CCCc1ccc(Br)cc1. The molecule has 0 aliphatic heterocycles. The normalized spacial score (nSPS) is 10.8. The average Bonchev–Trinajstić information content (AvgIpc) is 2.08. The molecule has 0 aliphatic rings. The number of aryl methyl sites for hydroxylation is 1. The summed E-state index contributed by atoms with van der Waals surface area (Å²) in [5.74, 6) is 0. The molecule has 0 saturated heterocycles. The van der Waals surface area contributed by atoms with E-state index < -0.39 is 8.38 Å². The van der Waals surface area contributed by atoms with E-state index in [-0.39, 0.29) is 0 Å². The zero-order valence-electron chi connectivity index (χ0n) is 7.15. The molecule has 1 rings (SSSR count). The van der Waals surface area contributed by atoms with E-state index in [1.807, 2.05) is 24.3 Å². The van der Waals surface area contributed by atoms with Gasteiger partial charge in [0.1, 0.15) is 0 Å². The monoisotopic (exact) mass is 262 g/mol. The van der Waals surface area contributed by atoms with Crippen LogP contribution in [0.25, 0.3) is 0 Å². The van der Waals surface area contributed by atoms with Gasteiger partial charge < -0.3 is 9.79 Å². The molecule has 0 unspecified atom stereocenters. The van der Waals surface area contributed by atoms with E-state index in [2.05, 4.69) is 15.9 Å². The van der Waals surface area contributed by atoms with Gasteiger partial charge in [-0.25, -0.2) is 0 Å². The molecule has 0 aliphatic carbocycles. The van der Waals surface area contributed by atoms with Crippen LogP contribution in [0.3, 0.4) is 0 Å². The van der Waals surface area contributed by atoms with Crippen molar-refractivity contribution in [1.82, 2.24) is 0 Å². The average molecular weight is 263 g/mol. The summed E-state index contributed by atoms with van der Waals surface area (Å²) in [5, 5.41) is 0. The first-order valence-corrected chi connectivity index (χ1v) is 6.31. The first-order chi connectivity index (χ1) is 6.18. The molecule has 1 aromatic carbocycles. The van der Waals surface area contributed by atoms with Gasteiger partial charge >= 0.3 is 0 Å². The maximum absolute atomic E-state index is 8.69. The summed E-state index contributed by atoms with van der Waals surface area (Å²) in [7, 11) is -1.71. The van der Waals surface area contributed by atoms with Crippen LogP contribution in [0, 0.1) is 0 Å². The van der Waals surface area contributed by atoms with Crippen molar-refractivity contribution in [3.8, 4) is 0 Å². The van der Waals surface area contributed by atoms with Crippen LogP contribution in [-0.2, 0) is 6.42 Å². The third-order valence-electron chi connectivity index (χ3n) is 1.74. The Morgan fingerprint density at radius 1 is 1.15 bits per heavy atom. The van der Waals surface area contributed by atoms with Gasteiger partial charge in [-0.2, -0.15) is 0 Å². The lowest BCUT2D eigenvalue weighted by Crippen LogP contribution is -1.88. The highest BCUT2D eigenvalue weighted by Gasteiger charge is 1.98. The second-order valence-corrected chi connectivity index (χ2v) is 4.93. The minimum atomic E-state index is -1.71. The highest BCUT2D eigenvalue weighted by atomic mass is 79.9. The molecular formula is C9H12BrO2P. The minimum absolute atomic E-state index is 0.505. The Labute approximate surface area is 87.7 Å². The van der Waals surface area contributed by atoms with Crippen LogP contribution in [0.2, 0.25) is 0 Å². The Kier molecular flexibility index (Phi) is 4.89. The Morgan fingerprint density at radius 2 is 1.77 bits per heavy atom. The number of benzene rings is 1. The van der Waals surface area contributed by atoms with Crippen LogP contribution >= 0.6 is 24.3 Å². The zero-order valence-corrected chi connectivity index (χ0v) is 9.63. The van der Waals surface area contributed by atoms with E-state index in [0.717, 1.165) is 17.3 Å². The minimum Gasteiger partial charge on any atom is -0.350 e. The van der Waals surface area contributed by atoms with E-state index in [1.165, 1.54) is 5.56 Å². The van der Waals surface area contributed by atoms with Crippen molar-refractivity contribution in [2.24, 2.45) is 0 Å². The topological polar surface area (TPSA) is 40.5 Å². The van der Waals surface area contributed by atoms with Crippen molar-refractivity contribution >= 4 is 24.3 Å². The van der Waals surface area contributed by atoms with Crippen molar-refractivity contribution < 1.29 is 9.79 Å². The fraction of sp³-hybridized carbons (Fsp3) is 0.333. The Balaban J connectivity index is 2.33. The lowest BCUT2D eigenvalue weighted by Gasteiger charge is -2.02. The van der Waals surface area contributed by atoms with Gasteiger partial charge in [0.25, 0.3) is 0 Å². The molecule has 2 nitrogen and oxygen atoms in total. The maximum atomic E-state index is 8.69. The van der Waals surface area contributed by atoms with E-state index >= 15 is 0 Å². The summed E-state index contributed by atoms with van der Waals surface area (Å²) in [5.41, 5.74) is 1.24. The van der Waals surface area contributed by atoms with Gasteiger partial charge in [0.2, 0.25) is 0 Å². The highest BCUT2D eigenvalue weighted by molar-refractivity contribution is 9.10. The van der Waals surface area contributed by atoms with Gasteiger partial charge in [0.15, 0.2) is 8.38 Å². The Morgan fingerprint density at radius 3 is 2.31 bits per heavy atom. The molecule has 1 aromatic rings. The van der Waals surface area contributed by atoms with E-state index in [9.17, 15) is 0 Å². The van der Waals surface area contributed by atoms with Crippen LogP contribution in [0.5, 0.6) is 0 Å². The van der Waals surface area contributed by atoms with Crippen molar-refractivity contribution in [3.63, 3.8) is 0 Å². The fourth-order valence-corrected chi connectivity index (χ4v) is 1.78. The molecular weight excluding hydrogens is 251 g/mol. The van der Waals surface area contributed by atoms with E-state index in [0.29, 0.717) is 6.16 Å². The van der Waals surface area contributed by atoms with Gasteiger partial charge in [-0.15, -0.1) is 0 Å². The molecule has 0 spiro atoms. The van der Waals surface area contributed by atoms with Gasteiger partial charge in [-0.05, 0) is 30.5 Å². The second-order valence-electron chi connectivity index (χ2n) is 2.83. The van der Waals surface area contributed by atoms with Crippen LogP contribution in [-0.4, -0.2) is 15.9 Å². The third kappa shape index (κ3) is 4.72. The van der Waals surface area contributed by atoms with Gasteiger partial charge in [-0.1, -0.05) is 28.1 Å². The van der Waals surface area contributed by atoms with Crippen molar-refractivity contribution in [1.29, 1.82) is 0 Å². The highest BCUT2D eigenvalue weighted by Crippen LogP contribution is 2.24. The molecule has 0 atom stereocenters. The van der Waals surface area contributed by atoms with Crippen molar-refractivity contribution in [2.45, 2.75) is 12.8 Å². The largest absolute Gasteiger partial charge is 0.350 e. The number of hydrogen-bond donors (Lipinski definition) is 2. The number of rotatable bonds is 4. The molecule has 0 radical (unpaired) electrons. The Bertz CT molecular complexity index is 248. The summed E-state index contributed by atoms with van der Waals surface area (Å²) in [6.45, 7) is 0. The molecule has 72 valence electrons. The summed E-state index contributed by atoms with van der Waals surface area (Å²) in [4.78, 5) is 17.4. The van der Waals surface area contributed by atoms with Crippen LogP contribution in [0.15, 0.2) is 28.7 Å². The predicted octanol–water partition coefficient (Wildman–Crippen LogP) is 2.68. The quantitative estimate of drug-likeness (QED) is 0.820. The molecule has 0 amide bonds. The van der Waals surface area contributed by atoms with Gasteiger partial charge in [-0.3, -0.25) is 0 Å². The molecule has 0 heterocycles. The van der Waals surface area contributed by atoms with Crippen molar-refractivity contribution in [3.05, 3.63) is 34.3 Å². The lowest BCUT2D eigenvalue weighted by molar-refractivity contribution is 0.480. The van der Waals surface area contributed by atoms with Crippen LogP contribution in [0.1, 0.15) is 12.0 Å². The second kappa shape index (κ2) is 5.71. The maximum Gasteiger partial charge on any atom is 0.164 e. The van der Waals surface area contributed by atoms with E-state index in [4.69, 9.17) is 9.79 Å². The smallest absolute Gasteiger partial charge is 0.164 e. The lowest BCUT2D eigenvalue weighted by atomic mass is 10.1. The number of hydrogen-bond acceptors (Lipinski definition) is 2. The summed E-state index contributed by atoms with van der Waals surface area (Å²) >= 11 is 3.36. The van der Waals surface area contributed by atoms with Gasteiger partial charge in [0, 0.05) is 10.6 Å². The number of halogens is 1. The van der Waals surface area contributed by atoms with Crippen molar-refractivity contribution in [2.75, 3.05) is 6.16 Å². The summed E-state index contributed by atoms with van der Waals surface area (Å²) < 4.78 is 1.07. The van der Waals surface area contributed by atoms with Crippen LogP contribution in [0.4, 0.5) is 0 Å². The first kappa shape index (κ1) is 11.1. The molecule has 0 saturated carbocycles. The molecule has 2 N–H and O–H groups in total. The third-order valence-corrected chi connectivity index (χ3v) is 2.98. The first-order valence-electron chi connectivity index (χ1n) is 4.08. The zero-order chi connectivity index (χ0) is 9.68. The standard InChI is InChI=1S/C9H12BrO2P/c10-9-5-3-8(4-6-9)2-1-7-13(11)12/h3-6,11-12H,1-2,7H2. The van der Waals surface area contributed by atoms with Crippen LogP contribution < -0.4 is 0 Å². The predicted molar refractivity (Wildman–Crippen MR) is 58.7 cm³/mol. The molecule has 0 fully saturated rings. The van der Waals surface area contributed by atoms with E-state index in [1.54, 1.807) is 0 Å². The molecule has 0 aromatic heterocycles. The molecule has 0 bridgehead atoms. The summed E-state index contributed by atoms with van der Waals surface area (Å²) in [6.07, 6.45) is 2.25. The molecule has 13 heavy (non-hydrogen) atoms. The molecule has 4 heteroatoms.